The zero-order chi connectivity index (χ0) is 19.3. The minimum absolute atomic E-state index is 0.0149. The summed E-state index contributed by atoms with van der Waals surface area (Å²) in [4.78, 5) is 46.1. The molecule has 2 N–H and O–H groups in total. The molecule has 9 heteroatoms. The number of carbonyl (C=O) groups excluding carboxylic acids is 3. The summed E-state index contributed by atoms with van der Waals surface area (Å²) in [5, 5.41) is 15.6. The molecule has 0 fully saturated rings. The standard InChI is InChI=1S/C17H15N3O6/c1-10(21)18-13-6-4-3-5-12(13)16(22)17(23)19-14-8-7-11(20(24)25)9-15(14)26-2/h3-9H,1-2H3,(H,18,21)(H,19,23). The molecule has 0 aliphatic carbocycles. The summed E-state index contributed by atoms with van der Waals surface area (Å²) >= 11 is 0. The van der Waals surface area contributed by atoms with E-state index in [-0.39, 0.29) is 34.3 Å². The van der Waals surface area contributed by atoms with Crippen molar-refractivity contribution >= 4 is 34.7 Å². The van der Waals surface area contributed by atoms with Gasteiger partial charge in [0, 0.05) is 13.0 Å². The topological polar surface area (TPSA) is 128 Å². The van der Waals surface area contributed by atoms with E-state index in [1.807, 2.05) is 0 Å². The molecule has 0 saturated heterocycles. The van der Waals surface area contributed by atoms with Gasteiger partial charge in [-0.2, -0.15) is 0 Å². The van der Waals surface area contributed by atoms with E-state index >= 15 is 0 Å². The van der Waals surface area contributed by atoms with Crippen LogP contribution in [0.2, 0.25) is 0 Å². The van der Waals surface area contributed by atoms with Gasteiger partial charge in [-0.3, -0.25) is 24.5 Å². The molecule has 0 atom stereocenters. The summed E-state index contributed by atoms with van der Waals surface area (Å²) in [6, 6.07) is 9.63. The highest BCUT2D eigenvalue weighted by molar-refractivity contribution is 6.47. The summed E-state index contributed by atoms with van der Waals surface area (Å²) < 4.78 is 5.01. The Balaban J connectivity index is 2.27. The summed E-state index contributed by atoms with van der Waals surface area (Å²) in [6.07, 6.45) is 0. The number of ether oxygens (including phenoxy) is 1. The average molecular weight is 357 g/mol. The Morgan fingerprint density at radius 1 is 1.04 bits per heavy atom. The second-order valence-electron chi connectivity index (χ2n) is 5.15. The monoisotopic (exact) mass is 357 g/mol. The van der Waals surface area contributed by atoms with Crippen LogP contribution in [0.3, 0.4) is 0 Å². The number of rotatable bonds is 6. The van der Waals surface area contributed by atoms with Crippen molar-refractivity contribution in [1.82, 2.24) is 0 Å². The molecular formula is C17H15N3O6. The maximum atomic E-state index is 12.4. The molecule has 0 saturated carbocycles. The van der Waals surface area contributed by atoms with Crippen LogP contribution in [0.5, 0.6) is 5.75 Å². The van der Waals surface area contributed by atoms with Crippen molar-refractivity contribution < 1.29 is 24.0 Å². The van der Waals surface area contributed by atoms with Gasteiger partial charge < -0.3 is 15.4 Å². The van der Waals surface area contributed by atoms with Gasteiger partial charge in [0.1, 0.15) is 5.75 Å². The summed E-state index contributed by atoms with van der Waals surface area (Å²) in [7, 11) is 1.28. The number of methoxy groups -OCH3 is 1. The highest BCUT2D eigenvalue weighted by atomic mass is 16.6. The molecule has 26 heavy (non-hydrogen) atoms. The number of ketones is 1. The Bertz CT molecular complexity index is 894. The van der Waals surface area contributed by atoms with Crippen molar-refractivity contribution in [3.63, 3.8) is 0 Å². The van der Waals surface area contributed by atoms with Gasteiger partial charge >= 0.3 is 0 Å². The van der Waals surface area contributed by atoms with Crippen LogP contribution in [-0.2, 0) is 9.59 Å². The molecule has 0 aromatic heterocycles. The van der Waals surface area contributed by atoms with Crippen LogP contribution in [0.1, 0.15) is 17.3 Å². The van der Waals surface area contributed by atoms with Gasteiger partial charge in [0.25, 0.3) is 17.4 Å². The van der Waals surface area contributed by atoms with E-state index in [2.05, 4.69) is 10.6 Å². The molecule has 0 aliphatic heterocycles. The summed E-state index contributed by atoms with van der Waals surface area (Å²) in [6.45, 7) is 1.28. The van der Waals surface area contributed by atoms with Crippen LogP contribution in [0.15, 0.2) is 42.5 Å². The minimum atomic E-state index is -0.977. The first-order valence-electron chi connectivity index (χ1n) is 7.38. The zero-order valence-electron chi connectivity index (χ0n) is 13.9. The van der Waals surface area contributed by atoms with Gasteiger partial charge in [0.15, 0.2) is 0 Å². The number of nitro groups is 1. The predicted molar refractivity (Wildman–Crippen MR) is 93.4 cm³/mol. The van der Waals surface area contributed by atoms with Gasteiger partial charge in [-0.25, -0.2) is 0 Å². The number of amides is 2. The first kappa shape index (κ1) is 18.6. The van der Waals surface area contributed by atoms with Gasteiger partial charge in [0.2, 0.25) is 5.91 Å². The van der Waals surface area contributed by atoms with Crippen molar-refractivity contribution in [2.45, 2.75) is 6.92 Å². The Morgan fingerprint density at radius 2 is 1.73 bits per heavy atom. The third kappa shape index (κ3) is 4.20. The highest BCUT2D eigenvalue weighted by Crippen LogP contribution is 2.29. The van der Waals surface area contributed by atoms with E-state index in [1.54, 1.807) is 12.1 Å². The van der Waals surface area contributed by atoms with Crippen LogP contribution >= 0.6 is 0 Å². The molecule has 0 unspecified atom stereocenters. The number of nitrogens with zero attached hydrogens (tertiary/aromatic N) is 1. The van der Waals surface area contributed by atoms with Gasteiger partial charge in [-0.05, 0) is 18.2 Å². The number of para-hydroxylation sites is 1. The number of carbonyl (C=O) groups is 3. The lowest BCUT2D eigenvalue weighted by atomic mass is 10.1. The van der Waals surface area contributed by atoms with E-state index in [4.69, 9.17) is 4.74 Å². The summed E-state index contributed by atoms with van der Waals surface area (Å²) in [5.41, 5.74) is 0.104. The fourth-order valence-corrected chi connectivity index (χ4v) is 2.18. The van der Waals surface area contributed by atoms with Crippen LogP contribution in [0, 0.1) is 10.1 Å². The molecule has 0 heterocycles. The van der Waals surface area contributed by atoms with Gasteiger partial charge in [0.05, 0.1) is 35.0 Å². The fraction of sp³-hybridized carbons (Fsp3) is 0.118. The normalized spacial score (nSPS) is 9.92. The number of Topliss-reactive ketones (excluding diaryl/α,β-unsaturated/α-hetero) is 1. The quantitative estimate of drug-likeness (QED) is 0.354. The molecule has 2 aromatic rings. The molecule has 2 amide bonds. The van der Waals surface area contributed by atoms with Crippen LogP contribution in [0.4, 0.5) is 17.1 Å². The molecule has 2 rings (SSSR count). The van der Waals surface area contributed by atoms with E-state index < -0.39 is 16.6 Å². The molecule has 0 radical (unpaired) electrons. The third-order valence-corrected chi connectivity index (χ3v) is 3.33. The lowest BCUT2D eigenvalue weighted by molar-refractivity contribution is -0.384. The molecule has 0 bridgehead atoms. The van der Waals surface area contributed by atoms with E-state index in [0.29, 0.717) is 0 Å². The predicted octanol–water partition coefficient (Wildman–Crippen LogP) is 2.38. The number of anilines is 2. The lowest BCUT2D eigenvalue weighted by Gasteiger charge is -2.11. The van der Waals surface area contributed by atoms with Crippen LogP contribution in [0.25, 0.3) is 0 Å². The molecule has 2 aromatic carbocycles. The SMILES string of the molecule is COc1cc([N+](=O)[O-])ccc1NC(=O)C(=O)c1ccccc1NC(C)=O. The lowest BCUT2D eigenvalue weighted by Crippen LogP contribution is -2.24. The second-order valence-corrected chi connectivity index (χ2v) is 5.15. The third-order valence-electron chi connectivity index (χ3n) is 3.33. The minimum Gasteiger partial charge on any atom is -0.494 e. The fourth-order valence-electron chi connectivity index (χ4n) is 2.18. The number of non-ortho nitro benzene ring substituents is 1. The Hall–Kier alpha value is -3.75. The van der Waals surface area contributed by atoms with Crippen LogP contribution < -0.4 is 15.4 Å². The van der Waals surface area contributed by atoms with E-state index in [9.17, 15) is 24.5 Å². The van der Waals surface area contributed by atoms with E-state index in [1.165, 1.54) is 38.3 Å². The van der Waals surface area contributed by atoms with Crippen LogP contribution in [-0.4, -0.2) is 29.6 Å². The van der Waals surface area contributed by atoms with Crippen molar-refractivity contribution in [3.05, 3.63) is 58.1 Å². The van der Waals surface area contributed by atoms with Gasteiger partial charge in [-0.15, -0.1) is 0 Å². The zero-order valence-corrected chi connectivity index (χ0v) is 13.9. The Morgan fingerprint density at radius 3 is 2.35 bits per heavy atom. The smallest absolute Gasteiger partial charge is 0.296 e. The molecule has 0 aliphatic rings. The number of hydrogen-bond donors (Lipinski definition) is 2. The Kier molecular flexibility index (Phi) is 5.63. The van der Waals surface area contributed by atoms with Crippen molar-refractivity contribution in [2.24, 2.45) is 0 Å². The molecule has 134 valence electrons. The first-order valence-corrected chi connectivity index (χ1v) is 7.38. The first-order chi connectivity index (χ1) is 12.3. The maximum absolute atomic E-state index is 12.4. The Labute approximate surface area is 148 Å². The highest BCUT2D eigenvalue weighted by Gasteiger charge is 2.22. The van der Waals surface area contributed by atoms with E-state index in [0.717, 1.165) is 6.07 Å². The van der Waals surface area contributed by atoms with Crippen molar-refractivity contribution in [2.75, 3.05) is 17.7 Å². The maximum Gasteiger partial charge on any atom is 0.296 e. The molecular weight excluding hydrogens is 342 g/mol. The number of hydrogen-bond acceptors (Lipinski definition) is 6. The number of nitrogens with one attached hydrogen (secondary N) is 2. The number of benzene rings is 2. The average Bonchev–Trinajstić information content (AvgIpc) is 2.61. The molecule has 9 nitrogen and oxygen atoms in total. The van der Waals surface area contributed by atoms with Crippen molar-refractivity contribution in [1.29, 1.82) is 0 Å². The number of nitro benzene ring substituents is 1. The second kappa shape index (κ2) is 7.88. The summed E-state index contributed by atoms with van der Waals surface area (Å²) in [5.74, 6) is -2.21. The largest absolute Gasteiger partial charge is 0.494 e. The van der Waals surface area contributed by atoms with Gasteiger partial charge in [-0.1, -0.05) is 12.1 Å². The molecule has 0 spiro atoms. The van der Waals surface area contributed by atoms with Crippen molar-refractivity contribution in [3.8, 4) is 5.75 Å².